The van der Waals surface area contributed by atoms with Crippen molar-refractivity contribution in [3.05, 3.63) is 29.6 Å². The number of esters is 1. The zero-order valence-electron chi connectivity index (χ0n) is 12.0. The molecule has 0 atom stereocenters. The van der Waals surface area contributed by atoms with E-state index in [1.165, 1.54) is 0 Å². The van der Waals surface area contributed by atoms with E-state index in [2.05, 4.69) is 10.1 Å². The maximum Gasteiger partial charge on any atom is 0.358 e. The van der Waals surface area contributed by atoms with Gasteiger partial charge in [0.15, 0.2) is 5.69 Å². The van der Waals surface area contributed by atoms with E-state index in [-0.39, 0.29) is 6.61 Å². The summed E-state index contributed by atoms with van der Waals surface area (Å²) in [5.41, 5.74) is 7.22. The molecule has 7 heteroatoms. The number of nitrogens with zero attached hydrogens (tertiary/aromatic N) is 4. The number of carbonyl (C=O) groups is 1. The van der Waals surface area contributed by atoms with E-state index in [9.17, 15) is 4.79 Å². The van der Waals surface area contributed by atoms with Crippen LogP contribution in [0.3, 0.4) is 0 Å². The van der Waals surface area contributed by atoms with Crippen LogP contribution < -0.4 is 5.73 Å². The van der Waals surface area contributed by atoms with Crippen LogP contribution >= 0.6 is 0 Å². The van der Waals surface area contributed by atoms with Gasteiger partial charge < -0.3 is 15.0 Å². The number of rotatable bonds is 5. The summed E-state index contributed by atoms with van der Waals surface area (Å²) < 4.78 is 8.75. The molecule has 2 aromatic rings. The van der Waals surface area contributed by atoms with Gasteiger partial charge in [-0.2, -0.15) is 5.10 Å². The van der Waals surface area contributed by atoms with Gasteiger partial charge in [0, 0.05) is 18.9 Å². The Labute approximate surface area is 117 Å². The highest BCUT2D eigenvalue weighted by Crippen LogP contribution is 2.17. The first-order valence-corrected chi connectivity index (χ1v) is 6.52. The van der Waals surface area contributed by atoms with Crippen LogP contribution in [-0.4, -0.2) is 31.9 Å². The molecule has 108 valence electrons. The van der Waals surface area contributed by atoms with Crippen LogP contribution in [0.25, 0.3) is 0 Å². The van der Waals surface area contributed by atoms with Gasteiger partial charge in [-0.05, 0) is 20.8 Å². The minimum Gasteiger partial charge on any atom is -0.459 e. The third-order valence-electron chi connectivity index (χ3n) is 3.16. The van der Waals surface area contributed by atoms with Crippen LogP contribution in [0.15, 0.2) is 12.4 Å². The number of aryl methyl sites for hydroxylation is 3. The Bertz CT molecular complexity index is 614. The summed E-state index contributed by atoms with van der Waals surface area (Å²) in [6, 6.07) is 0. The quantitative estimate of drug-likeness (QED) is 0.828. The van der Waals surface area contributed by atoms with Crippen molar-refractivity contribution >= 4 is 11.7 Å². The first-order chi connectivity index (χ1) is 9.54. The number of nitrogens with two attached hydrogens (primary N) is 1. The summed E-state index contributed by atoms with van der Waals surface area (Å²) in [6.45, 7) is 6.98. The van der Waals surface area contributed by atoms with Crippen molar-refractivity contribution in [1.82, 2.24) is 19.3 Å². The minimum atomic E-state index is -0.442. The second kappa shape index (κ2) is 5.77. The molecule has 0 fully saturated rings. The van der Waals surface area contributed by atoms with E-state index >= 15 is 0 Å². The zero-order valence-corrected chi connectivity index (χ0v) is 12.0. The van der Waals surface area contributed by atoms with E-state index in [4.69, 9.17) is 10.5 Å². The van der Waals surface area contributed by atoms with Crippen LogP contribution in [0.4, 0.5) is 5.69 Å². The Morgan fingerprint density at radius 3 is 2.80 bits per heavy atom. The first kappa shape index (κ1) is 14.1. The molecule has 0 aliphatic heterocycles. The standard InChI is InChI=1S/C13H19N5O2/c1-4-18-12(11(14)9(2)16-18)13(19)20-8-7-17-6-5-15-10(17)3/h5-6H,4,7-8,14H2,1-3H3. The number of hydrogen-bond acceptors (Lipinski definition) is 5. The van der Waals surface area contributed by atoms with Crippen LogP contribution in [0.1, 0.15) is 28.9 Å². The number of ether oxygens (including phenoxy) is 1. The van der Waals surface area contributed by atoms with Crippen LogP contribution in [0, 0.1) is 13.8 Å². The number of nitrogen functional groups attached to an aromatic ring is 1. The normalized spacial score (nSPS) is 10.8. The summed E-state index contributed by atoms with van der Waals surface area (Å²) in [5, 5.41) is 4.20. The van der Waals surface area contributed by atoms with Gasteiger partial charge in [0.05, 0.1) is 17.9 Å². The van der Waals surface area contributed by atoms with Crippen LogP contribution in [-0.2, 0) is 17.8 Å². The van der Waals surface area contributed by atoms with Gasteiger partial charge in [-0.3, -0.25) is 4.68 Å². The van der Waals surface area contributed by atoms with Crippen molar-refractivity contribution in [1.29, 1.82) is 0 Å². The van der Waals surface area contributed by atoms with Gasteiger partial charge in [-0.25, -0.2) is 9.78 Å². The summed E-state index contributed by atoms with van der Waals surface area (Å²) in [6.07, 6.45) is 3.56. The number of aromatic nitrogens is 4. The molecule has 7 nitrogen and oxygen atoms in total. The lowest BCUT2D eigenvalue weighted by molar-refractivity contribution is 0.0477. The summed E-state index contributed by atoms with van der Waals surface area (Å²) in [4.78, 5) is 16.2. The second-order valence-corrected chi connectivity index (χ2v) is 4.47. The maximum atomic E-state index is 12.1. The number of carbonyl (C=O) groups excluding carboxylic acids is 1. The molecule has 0 spiro atoms. The molecule has 0 saturated heterocycles. The van der Waals surface area contributed by atoms with Gasteiger partial charge in [0.25, 0.3) is 0 Å². The predicted octanol–water partition coefficient (Wildman–Crippen LogP) is 1.16. The fourth-order valence-electron chi connectivity index (χ4n) is 1.98. The lowest BCUT2D eigenvalue weighted by Gasteiger charge is -2.08. The van der Waals surface area contributed by atoms with Crippen molar-refractivity contribution in [3.63, 3.8) is 0 Å². The van der Waals surface area contributed by atoms with Gasteiger partial charge >= 0.3 is 5.97 Å². The highest BCUT2D eigenvalue weighted by atomic mass is 16.5. The van der Waals surface area contributed by atoms with Crippen molar-refractivity contribution in [2.75, 3.05) is 12.3 Å². The Balaban J connectivity index is 2.00. The second-order valence-electron chi connectivity index (χ2n) is 4.47. The summed E-state index contributed by atoms with van der Waals surface area (Å²) in [7, 11) is 0. The minimum absolute atomic E-state index is 0.267. The van der Waals surface area contributed by atoms with Crippen molar-refractivity contribution in [2.45, 2.75) is 33.9 Å². The van der Waals surface area contributed by atoms with Crippen molar-refractivity contribution in [2.24, 2.45) is 0 Å². The molecule has 2 aromatic heterocycles. The monoisotopic (exact) mass is 277 g/mol. The van der Waals surface area contributed by atoms with Gasteiger partial charge in [-0.15, -0.1) is 0 Å². The van der Waals surface area contributed by atoms with Crippen molar-refractivity contribution in [3.8, 4) is 0 Å². The van der Waals surface area contributed by atoms with Gasteiger partial charge in [0.2, 0.25) is 0 Å². The topological polar surface area (TPSA) is 88.0 Å². The Hall–Kier alpha value is -2.31. The molecule has 0 unspecified atom stereocenters. The molecule has 0 aromatic carbocycles. The third-order valence-corrected chi connectivity index (χ3v) is 3.16. The largest absolute Gasteiger partial charge is 0.459 e. The molecule has 2 rings (SSSR count). The Kier molecular flexibility index (Phi) is 4.07. The molecule has 0 radical (unpaired) electrons. The summed E-state index contributed by atoms with van der Waals surface area (Å²) >= 11 is 0. The van der Waals surface area contributed by atoms with E-state index in [0.717, 1.165) is 5.82 Å². The molecule has 0 saturated carbocycles. The van der Waals surface area contributed by atoms with Gasteiger partial charge in [-0.1, -0.05) is 0 Å². The highest BCUT2D eigenvalue weighted by molar-refractivity contribution is 5.93. The lowest BCUT2D eigenvalue weighted by atomic mass is 10.3. The average Bonchev–Trinajstić information content (AvgIpc) is 2.95. The van der Waals surface area contributed by atoms with Gasteiger partial charge in [0.1, 0.15) is 12.4 Å². The molecule has 2 heterocycles. The third kappa shape index (κ3) is 2.66. The van der Waals surface area contributed by atoms with Crippen LogP contribution in [0.5, 0.6) is 0 Å². The molecule has 20 heavy (non-hydrogen) atoms. The fraction of sp³-hybridized carbons (Fsp3) is 0.462. The Morgan fingerprint density at radius 2 is 2.20 bits per heavy atom. The average molecular weight is 277 g/mol. The van der Waals surface area contributed by atoms with Crippen LogP contribution in [0.2, 0.25) is 0 Å². The number of hydrogen-bond donors (Lipinski definition) is 1. The van der Waals surface area contributed by atoms with Crippen molar-refractivity contribution < 1.29 is 9.53 Å². The molecule has 0 aliphatic carbocycles. The molecular formula is C13H19N5O2. The molecule has 0 amide bonds. The SMILES string of the molecule is CCn1nc(C)c(N)c1C(=O)OCCn1ccnc1C. The fourth-order valence-corrected chi connectivity index (χ4v) is 1.98. The zero-order chi connectivity index (χ0) is 14.7. The lowest BCUT2D eigenvalue weighted by Crippen LogP contribution is -2.17. The maximum absolute atomic E-state index is 12.1. The smallest absolute Gasteiger partial charge is 0.358 e. The highest BCUT2D eigenvalue weighted by Gasteiger charge is 2.20. The van der Waals surface area contributed by atoms with E-state index in [1.54, 1.807) is 17.8 Å². The molecule has 0 aliphatic rings. The molecule has 2 N–H and O–H groups in total. The molecule has 0 bridgehead atoms. The van der Waals surface area contributed by atoms with E-state index < -0.39 is 5.97 Å². The Morgan fingerprint density at radius 1 is 1.45 bits per heavy atom. The predicted molar refractivity (Wildman–Crippen MR) is 74.3 cm³/mol. The first-order valence-electron chi connectivity index (χ1n) is 6.52. The number of imidazole rings is 1. The molecular weight excluding hydrogens is 258 g/mol. The van der Waals surface area contributed by atoms with E-state index in [1.807, 2.05) is 24.6 Å². The van der Waals surface area contributed by atoms with E-state index in [0.29, 0.717) is 30.2 Å². The number of anilines is 1. The summed E-state index contributed by atoms with van der Waals surface area (Å²) in [5.74, 6) is 0.442.